The van der Waals surface area contributed by atoms with Crippen LogP contribution in [0.5, 0.6) is 0 Å². The fourth-order valence-corrected chi connectivity index (χ4v) is 6.44. The van der Waals surface area contributed by atoms with Gasteiger partial charge in [0, 0.05) is 29.3 Å². The van der Waals surface area contributed by atoms with Crippen LogP contribution in [0, 0.1) is 17.7 Å². The van der Waals surface area contributed by atoms with Gasteiger partial charge in [0.2, 0.25) is 0 Å². The van der Waals surface area contributed by atoms with Crippen LogP contribution in [0.25, 0.3) is 0 Å². The van der Waals surface area contributed by atoms with Gasteiger partial charge in [0.15, 0.2) is 0 Å². The summed E-state index contributed by atoms with van der Waals surface area (Å²) in [4.78, 5) is 13.0. The first-order valence-corrected chi connectivity index (χ1v) is 14.2. The number of hydrazine groups is 1. The summed E-state index contributed by atoms with van der Waals surface area (Å²) in [5.41, 5.74) is 11.4. The van der Waals surface area contributed by atoms with Crippen molar-refractivity contribution < 1.29 is 9.18 Å². The van der Waals surface area contributed by atoms with Crippen molar-refractivity contribution in [2.75, 3.05) is 5.01 Å². The van der Waals surface area contributed by atoms with Crippen molar-refractivity contribution in [3.63, 3.8) is 0 Å². The van der Waals surface area contributed by atoms with Gasteiger partial charge in [-0.25, -0.2) is 9.18 Å². The van der Waals surface area contributed by atoms with Crippen LogP contribution in [0.4, 0.5) is 14.9 Å². The number of halogens is 2. The summed E-state index contributed by atoms with van der Waals surface area (Å²) in [6.45, 7) is 2.63. The minimum atomic E-state index is -0.245. The number of benzene rings is 3. The van der Waals surface area contributed by atoms with Crippen molar-refractivity contribution in [2.24, 2.45) is 11.8 Å². The lowest BCUT2D eigenvalue weighted by Crippen LogP contribution is -2.38. The van der Waals surface area contributed by atoms with E-state index in [1.54, 1.807) is 12.1 Å². The molecular formula is C33H32ClFN4O. The Bertz CT molecular complexity index is 1500. The van der Waals surface area contributed by atoms with Gasteiger partial charge in [-0.05, 0) is 78.3 Å². The van der Waals surface area contributed by atoms with E-state index >= 15 is 0 Å². The second kappa shape index (κ2) is 11.2. The van der Waals surface area contributed by atoms with Gasteiger partial charge in [0.05, 0.1) is 17.4 Å². The lowest BCUT2D eigenvalue weighted by molar-refractivity contribution is 0.234. The Labute approximate surface area is 239 Å². The first-order chi connectivity index (χ1) is 19.5. The fourth-order valence-electron chi connectivity index (χ4n) is 6.24. The van der Waals surface area contributed by atoms with Crippen LogP contribution in [-0.2, 0) is 6.54 Å². The average molecular weight is 555 g/mol. The van der Waals surface area contributed by atoms with E-state index in [-0.39, 0.29) is 23.8 Å². The summed E-state index contributed by atoms with van der Waals surface area (Å²) in [5.74, 6) is 0.341. The van der Waals surface area contributed by atoms with Crippen LogP contribution in [0.3, 0.4) is 0 Å². The Balaban J connectivity index is 1.21. The van der Waals surface area contributed by atoms with Crippen molar-refractivity contribution in [1.82, 2.24) is 16.1 Å². The van der Waals surface area contributed by atoms with Crippen molar-refractivity contribution in [3.8, 4) is 0 Å². The molecule has 5 nitrogen and oxygen atoms in total. The number of urea groups is 1. The third-order valence-electron chi connectivity index (χ3n) is 8.21. The second-order valence-electron chi connectivity index (χ2n) is 10.6. The second-order valence-corrected chi connectivity index (χ2v) is 11.0. The molecule has 0 aromatic heterocycles. The van der Waals surface area contributed by atoms with Crippen molar-refractivity contribution in [3.05, 3.63) is 136 Å². The number of fused-ring (bicyclic) bond motifs is 1. The molecule has 3 N–H and O–H groups in total. The summed E-state index contributed by atoms with van der Waals surface area (Å²) in [6.07, 6.45) is 7.21. The molecule has 0 saturated heterocycles. The molecule has 0 bridgehead atoms. The summed E-state index contributed by atoms with van der Waals surface area (Å²) in [6, 6.07) is 23.9. The predicted octanol–water partition coefficient (Wildman–Crippen LogP) is 7.56. The van der Waals surface area contributed by atoms with Crippen LogP contribution in [0.1, 0.15) is 43.4 Å². The maximum atomic E-state index is 13.5. The monoisotopic (exact) mass is 554 g/mol. The molecule has 3 atom stereocenters. The number of rotatable bonds is 7. The molecule has 2 amide bonds. The SMILES string of the molecule is C[C@H]1C2=CNN(c3ccc(F)cc3)C2=CC2=C1[C@@H](CC(NC(=O)NCc1ccccc1Cl)c1ccccc1)CC2. The molecule has 3 aromatic rings. The number of carbonyl (C=O) groups is 1. The summed E-state index contributed by atoms with van der Waals surface area (Å²) >= 11 is 6.28. The molecule has 3 aromatic carbocycles. The maximum absolute atomic E-state index is 13.5. The molecule has 7 heteroatoms. The number of hydrogen-bond donors (Lipinski definition) is 3. The Kier molecular flexibility index (Phi) is 7.35. The minimum Gasteiger partial charge on any atom is -0.334 e. The molecule has 0 radical (unpaired) electrons. The van der Waals surface area contributed by atoms with Crippen LogP contribution < -0.4 is 21.1 Å². The number of allylic oxidation sites excluding steroid dienone is 4. The van der Waals surface area contributed by atoms with E-state index in [0.717, 1.165) is 41.8 Å². The van der Waals surface area contributed by atoms with Gasteiger partial charge in [-0.2, -0.15) is 0 Å². The number of hydrogen-bond acceptors (Lipinski definition) is 3. The molecule has 1 unspecified atom stereocenters. The first kappa shape index (κ1) is 26.2. The van der Waals surface area contributed by atoms with Gasteiger partial charge in [-0.15, -0.1) is 0 Å². The Morgan fingerprint density at radius 1 is 1.07 bits per heavy atom. The minimum absolute atomic E-state index is 0.131. The summed E-state index contributed by atoms with van der Waals surface area (Å²) in [5, 5.41) is 8.89. The van der Waals surface area contributed by atoms with Crippen LogP contribution in [0.2, 0.25) is 5.02 Å². The largest absolute Gasteiger partial charge is 0.334 e. The molecule has 6 rings (SSSR count). The zero-order valence-corrected chi connectivity index (χ0v) is 23.1. The highest BCUT2D eigenvalue weighted by molar-refractivity contribution is 6.31. The van der Waals surface area contributed by atoms with Crippen molar-refractivity contribution in [1.29, 1.82) is 0 Å². The molecule has 204 valence electrons. The standard InChI is InChI=1S/C33H32ClFN4O/c1-21-28-20-37-39(27-15-13-26(35)14-16-27)31(28)18-24-12-11-23(32(21)24)17-30(22-7-3-2-4-8-22)38-33(40)36-19-25-9-5-6-10-29(25)34/h2-10,13-16,18,20-21,23,30,37H,11-12,17,19H2,1H3,(H2,36,38,40)/t21-,23+,30?/m0/s1. The van der Waals surface area contributed by atoms with Crippen LogP contribution in [0.15, 0.2) is 114 Å². The fraction of sp³-hybridized carbons (Fsp3) is 0.242. The molecule has 1 heterocycles. The molecule has 0 spiro atoms. The van der Waals surface area contributed by atoms with Crippen LogP contribution >= 0.6 is 11.6 Å². The van der Waals surface area contributed by atoms with Crippen molar-refractivity contribution in [2.45, 2.75) is 38.8 Å². The maximum Gasteiger partial charge on any atom is 0.315 e. The normalized spacial score (nSPS) is 20.2. The average Bonchev–Trinajstić information content (AvgIpc) is 3.58. The van der Waals surface area contributed by atoms with Gasteiger partial charge in [0.1, 0.15) is 5.82 Å². The van der Waals surface area contributed by atoms with Gasteiger partial charge in [0.25, 0.3) is 0 Å². The molecule has 40 heavy (non-hydrogen) atoms. The van der Waals surface area contributed by atoms with Crippen LogP contribution in [-0.4, -0.2) is 6.03 Å². The quantitative estimate of drug-likeness (QED) is 0.282. The lowest BCUT2D eigenvalue weighted by Gasteiger charge is -2.31. The highest BCUT2D eigenvalue weighted by atomic mass is 35.5. The van der Waals surface area contributed by atoms with E-state index in [4.69, 9.17) is 11.6 Å². The Hall–Kier alpha value is -4.03. The lowest BCUT2D eigenvalue weighted by atomic mass is 9.78. The zero-order valence-electron chi connectivity index (χ0n) is 22.3. The number of amides is 2. The highest BCUT2D eigenvalue weighted by Gasteiger charge is 2.39. The zero-order chi connectivity index (χ0) is 27.6. The molecule has 0 fully saturated rings. The topological polar surface area (TPSA) is 56.4 Å². The molecular weight excluding hydrogens is 523 g/mol. The smallest absolute Gasteiger partial charge is 0.315 e. The van der Waals surface area contributed by atoms with Gasteiger partial charge in [-0.3, -0.25) is 5.01 Å². The third-order valence-corrected chi connectivity index (χ3v) is 8.58. The van der Waals surface area contributed by atoms with E-state index in [1.807, 2.05) is 47.5 Å². The van der Waals surface area contributed by atoms with Gasteiger partial charge in [-0.1, -0.05) is 72.6 Å². The number of carbonyl (C=O) groups excluding carboxylic acids is 1. The van der Waals surface area contributed by atoms with Crippen molar-refractivity contribution >= 4 is 23.3 Å². The van der Waals surface area contributed by atoms with Gasteiger partial charge < -0.3 is 16.1 Å². The van der Waals surface area contributed by atoms with E-state index in [2.05, 4.69) is 47.4 Å². The molecule has 3 aliphatic rings. The van der Waals surface area contributed by atoms with E-state index in [1.165, 1.54) is 28.9 Å². The molecule has 1 aliphatic heterocycles. The third kappa shape index (κ3) is 5.24. The predicted molar refractivity (Wildman–Crippen MR) is 158 cm³/mol. The summed E-state index contributed by atoms with van der Waals surface area (Å²) < 4.78 is 13.5. The number of nitrogens with zero attached hydrogens (tertiary/aromatic N) is 1. The highest BCUT2D eigenvalue weighted by Crippen LogP contribution is 2.49. The Morgan fingerprint density at radius 3 is 2.60 bits per heavy atom. The number of nitrogens with one attached hydrogen (secondary N) is 3. The van der Waals surface area contributed by atoms with Gasteiger partial charge >= 0.3 is 6.03 Å². The van der Waals surface area contributed by atoms with E-state index in [0.29, 0.717) is 17.5 Å². The number of anilines is 1. The first-order valence-electron chi connectivity index (χ1n) is 13.8. The van der Waals surface area contributed by atoms with E-state index < -0.39 is 0 Å². The van der Waals surface area contributed by atoms with E-state index in [9.17, 15) is 9.18 Å². The molecule has 0 saturated carbocycles. The Morgan fingerprint density at radius 2 is 1.82 bits per heavy atom. The summed E-state index contributed by atoms with van der Waals surface area (Å²) in [7, 11) is 0. The molecule has 2 aliphatic carbocycles.